The van der Waals surface area contributed by atoms with E-state index in [0.717, 1.165) is 5.56 Å². The maximum Gasteiger partial charge on any atom is 0.408 e. The highest BCUT2D eigenvalue weighted by molar-refractivity contribution is 5.80. The fourth-order valence-electron chi connectivity index (χ4n) is 3.04. The van der Waals surface area contributed by atoms with Gasteiger partial charge in [0.15, 0.2) is 6.23 Å². The number of aromatic nitrogens is 2. The van der Waals surface area contributed by atoms with Gasteiger partial charge in [0.05, 0.1) is 6.20 Å². The zero-order valence-corrected chi connectivity index (χ0v) is 17.3. The second kappa shape index (κ2) is 10.4. The van der Waals surface area contributed by atoms with Gasteiger partial charge in [-0.05, 0) is 12.5 Å². The molecule has 0 radical (unpaired) electrons. The standard InChI is InChI=1S/C20H22FN3O9/c1-10(22-20(30)32-8-11-5-3-2-4-6-11)18(28)31-9-13-14(25)15(26)17(33-13)24-7-12(21)16(27)23-19(24)29/h2-7,10,13-15,17,25-26H,8-9H2,1H3,(H,22,30)(H,23,27,29)/t10-,13+,14+,15+,17+/m0/s1. The van der Waals surface area contributed by atoms with E-state index in [4.69, 9.17) is 14.2 Å². The van der Waals surface area contributed by atoms with E-state index in [2.05, 4.69) is 5.32 Å². The van der Waals surface area contributed by atoms with Crippen molar-refractivity contribution in [2.75, 3.05) is 6.61 Å². The molecule has 0 spiro atoms. The smallest absolute Gasteiger partial charge is 0.408 e. The summed E-state index contributed by atoms with van der Waals surface area (Å²) < 4.78 is 29.4. The van der Waals surface area contributed by atoms with Crippen LogP contribution in [0, 0.1) is 5.82 Å². The number of carbonyl (C=O) groups excluding carboxylic acids is 2. The van der Waals surface area contributed by atoms with Gasteiger partial charge in [-0.3, -0.25) is 14.3 Å². The molecule has 5 atom stereocenters. The first kappa shape index (κ1) is 24.1. The Morgan fingerprint density at radius 1 is 1.21 bits per heavy atom. The molecule has 2 heterocycles. The molecule has 33 heavy (non-hydrogen) atoms. The summed E-state index contributed by atoms with van der Waals surface area (Å²) in [5, 5.41) is 22.6. The third-order valence-corrected chi connectivity index (χ3v) is 4.83. The summed E-state index contributed by atoms with van der Waals surface area (Å²) in [5.74, 6) is -2.18. The second-order valence-corrected chi connectivity index (χ2v) is 7.25. The van der Waals surface area contributed by atoms with Gasteiger partial charge in [-0.1, -0.05) is 30.3 Å². The van der Waals surface area contributed by atoms with Crippen molar-refractivity contribution in [1.82, 2.24) is 14.9 Å². The zero-order chi connectivity index (χ0) is 24.1. The number of ether oxygens (including phenoxy) is 3. The number of esters is 1. The lowest BCUT2D eigenvalue weighted by molar-refractivity contribution is -0.152. The Hall–Kier alpha value is -3.55. The monoisotopic (exact) mass is 467 g/mol. The summed E-state index contributed by atoms with van der Waals surface area (Å²) >= 11 is 0. The lowest BCUT2D eigenvalue weighted by Gasteiger charge is -2.18. The molecule has 1 saturated heterocycles. The van der Waals surface area contributed by atoms with Crippen molar-refractivity contribution in [2.24, 2.45) is 0 Å². The lowest BCUT2D eigenvalue weighted by Crippen LogP contribution is -2.41. The number of nitrogens with zero attached hydrogens (tertiary/aromatic N) is 1. The summed E-state index contributed by atoms with van der Waals surface area (Å²) in [6.07, 6.45) is -6.40. The number of aliphatic hydroxyl groups is 2. The van der Waals surface area contributed by atoms with E-state index in [-0.39, 0.29) is 6.61 Å². The average molecular weight is 467 g/mol. The number of H-pyrrole nitrogens is 1. The molecule has 12 nitrogen and oxygen atoms in total. The normalized spacial score (nSPS) is 23.0. The highest BCUT2D eigenvalue weighted by Gasteiger charge is 2.45. The van der Waals surface area contributed by atoms with Gasteiger partial charge >= 0.3 is 17.8 Å². The van der Waals surface area contributed by atoms with E-state index in [0.29, 0.717) is 10.8 Å². The second-order valence-electron chi connectivity index (χ2n) is 7.25. The number of aliphatic hydroxyl groups excluding tert-OH is 2. The van der Waals surface area contributed by atoms with Gasteiger partial charge in [-0.15, -0.1) is 0 Å². The number of aromatic amines is 1. The van der Waals surface area contributed by atoms with Crippen molar-refractivity contribution >= 4 is 12.1 Å². The lowest BCUT2D eigenvalue weighted by atomic mass is 10.1. The first-order chi connectivity index (χ1) is 15.7. The van der Waals surface area contributed by atoms with Gasteiger partial charge in [0.1, 0.15) is 37.6 Å². The maximum atomic E-state index is 13.5. The fraction of sp³-hybridized carbons (Fsp3) is 0.400. The van der Waals surface area contributed by atoms with E-state index in [1.54, 1.807) is 29.2 Å². The molecule has 13 heteroatoms. The third-order valence-electron chi connectivity index (χ3n) is 4.83. The summed E-state index contributed by atoms with van der Waals surface area (Å²) in [7, 11) is 0. The van der Waals surface area contributed by atoms with Gasteiger partial charge < -0.3 is 29.7 Å². The predicted octanol–water partition coefficient (Wildman–Crippen LogP) is -0.847. The molecule has 0 bridgehead atoms. The van der Waals surface area contributed by atoms with Crippen LogP contribution >= 0.6 is 0 Å². The molecule has 1 amide bonds. The number of hydrogen-bond donors (Lipinski definition) is 4. The maximum absolute atomic E-state index is 13.5. The van der Waals surface area contributed by atoms with Crippen molar-refractivity contribution in [1.29, 1.82) is 0 Å². The fourth-order valence-corrected chi connectivity index (χ4v) is 3.04. The van der Waals surface area contributed by atoms with Crippen LogP contribution in [0.1, 0.15) is 18.7 Å². The number of halogens is 1. The van der Waals surface area contributed by atoms with Gasteiger partial charge in [0, 0.05) is 0 Å². The summed E-state index contributed by atoms with van der Waals surface area (Å²) in [5.41, 5.74) is -1.56. The van der Waals surface area contributed by atoms with Gasteiger partial charge in [-0.2, -0.15) is 4.39 Å². The highest BCUT2D eigenvalue weighted by atomic mass is 19.1. The number of nitrogens with one attached hydrogen (secondary N) is 2. The van der Waals surface area contributed by atoms with E-state index < -0.39 is 66.3 Å². The third kappa shape index (κ3) is 5.83. The molecule has 0 aliphatic carbocycles. The molecule has 0 unspecified atom stereocenters. The quantitative estimate of drug-likeness (QED) is 0.379. The first-order valence-corrected chi connectivity index (χ1v) is 9.83. The molecule has 178 valence electrons. The van der Waals surface area contributed by atoms with E-state index in [1.165, 1.54) is 6.92 Å². The average Bonchev–Trinajstić information content (AvgIpc) is 3.07. The molecule has 1 aromatic heterocycles. The van der Waals surface area contributed by atoms with Crippen LogP contribution in [0.4, 0.5) is 9.18 Å². The van der Waals surface area contributed by atoms with Crippen molar-refractivity contribution in [3.8, 4) is 0 Å². The Bertz CT molecular complexity index is 1100. The van der Waals surface area contributed by atoms with Crippen LogP contribution in [0.25, 0.3) is 0 Å². The molecule has 2 aromatic rings. The largest absolute Gasteiger partial charge is 0.461 e. The molecule has 0 saturated carbocycles. The molecule has 1 aliphatic heterocycles. The molecule has 1 aliphatic rings. The van der Waals surface area contributed by atoms with Crippen molar-refractivity contribution in [3.05, 3.63) is 68.7 Å². The Kier molecular flexibility index (Phi) is 7.58. The SMILES string of the molecule is C[C@H](NC(=O)OCc1ccccc1)C(=O)OC[C@H]1O[C@@H](n2cc(F)c(=O)[nH]c2=O)[C@H](O)[C@@H]1O. The predicted molar refractivity (Wildman–Crippen MR) is 107 cm³/mol. The Morgan fingerprint density at radius 3 is 2.61 bits per heavy atom. The molecule has 4 N–H and O–H groups in total. The van der Waals surface area contributed by atoms with E-state index in [1.807, 2.05) is 6.07 Å². The topological polar surface area (TPSA) is 169 Å². The number of amides is 1. The minimum atomic E-state index is -1.68. The number of carbonyl (C=O) groups is 2. The van der Waals surface area contributed by atoms with Crippen LogP contribution < -0.4 is 16.6 Å². The number of hydrogen-bond acceptors (Lipinski definition) is 9. The van der Waals surface area contributed by atoms with Crippen LogP contribution in [-0.4, -0.2) is 62.8 Å². The summed E-state index contributed by atoms with van der Waals surface area (Å²) in [6.45, 7) is 0.804. The van der Waals surface area contributed by atoms with Crippen LogP contribution in [0.2, 0.25) is 0 Å². The summed E-state index contributed by atoms with van der Waals surface area (Å²) in [4.78, 5) is 48.7. The van der Waals surface area contributed by atoms with E-state index >= 15 is 0 Å². The number of rotatable bonds is 7. The number of alkyl carbamates (subject to hydrolysis) is 1. The van der Waals surface area contributed by atoms with Crippen molar-refractivity contribution in [2.45, 2.75) is 44.1 Å². The van der Waals surface area contributed by atoms with Crippen molar-refractivity contribution in [3.63, 3.8) is 0 Å². The molecule has 1 aromatic carbocycles. The first-order valence-electron chi connectivity index (χ1n) is 9.83. The van der Waals surface area contributed by atoms with E-state index in [9.17, 15) is 33.8 Å². The zero-order valence-electron chi connectivity index (χ0n) is 17.3. The summed E-state index contributed by atoms with van der Waals surface area (Å²) in [6, 6.07) is 7.78. The van der Waals surface area contributed by atoms with Crippen LogP contribution in [0.3, 0.4) is 0 Å². The van der Waals surface area contributed by atoms with Gasteiger partial charge in [0.25, 0.3) is 5.56 Å². The molecular formula is C20H22FN3O9. The Morgan fingerprint density at radius 2 is 1.91 bits per heavy atom. The number of benzene rings is 1. The molecule has 1 fully saturated rings. The Balaban J connectivity index is 1.51. The highest BCUT2D eigenvalue weighted by Crippen LogP contribution is 2.28. The van der Waals surface area contributed by atoms with Gasteiger partial charge in [-0.25, -0.2) is 14.4 Å². The minimum Gasteiger partial charge on any atom is -0.461 e. The minimum absolute atomic E-state index is 0.000535. The molecular weight excluding hydrogens is 445 g/mol. The van der Waals surface area contributed by atoms with Crippen LogP contribution in [0.15, 0.2) is 46.1 Å². The van der Waals surface area contributed by atoms with Crippen LogP contribution in [-0.2, 0) is 25.6 Å². The van der Waals surface area contributed by atoms with Gasteiger partial charge in [0.2, 0.25) is 5.82 Å². The van der Waals surface area contributed by atoms with Crippen LogP contribution in [0.5, 0.6) is 0 Å². The van der Waals surface area contributed by atoms with Crippen molar-refractivity contribution < 1.29 is 38.4 Å². The molecule has 3 rings (SSSR count). The Labute approximate surface area is 185 Å².